The molecule has 3 aromatic carbocycles. The van der Waals surface area contributed by atoms with Crippen LogP contribution in [-0.2, 0) is 17.8 Å². The number of ether oxygens (including phenoxy) is 2. The number of rotatable bonds is 7. The minimum absolute atomic E-state index is 0.0418. The second-order valence-electron chi connectivity index (χ2n) is 7.80. The fourth-order valence-electron chi connectivity index (χ4n) is 3.95. The Labute approximate surface area is 187 Å². The highest BCUT2D eigenvalue weighted by Gasteiger charge is 2.28. The van der Waals surface area contributed by atoms with E-state index < -0.39 is 0 Å². The van der Waals surface area contributed by atoms with Gasteiger partial charge in [-0.1, -0.05) is 36.4 Å². The number of fused-ring (bicyclic) bond motifs is 1. The second kappa shape index (κ2) is 9.14. The van der Waals surface area contributed by atoms with Crippen LogP contribution in [0, 0.1) is 0 Å². The molecule has 0 bridgehead atoms. The molecule has 1 atom stereocenters. The quantitative estimate of drug-likeness (QED) is 0.607. The molecule has 0 spiro atoms. The van der Waals surface area contributed by atoms with Crippen LogP contribution < -0.4 is 19.7 Å². The molecule has 164 valence electrons. The summed E-state index contributed by atoms with van der Waals surface area (Å²) < 4.78 is 10.6. The third kappa shape index (κ3) is 4.30. The Morgan fingerprint density at radius 3 is 2.47 bits per heavy atom. The molecule has 0 aromatic heterocycles. The van der Waals surface area contributed by atoms with E-state index >= 15 is 0 Å². The van der Waals surface area contributed by atoms with E-state index in [-0.39, 0.29) is 17.9 Å². The second-order valence-corrected chi connectivity index (χ2v) is 7.80. The van der Waals surface area contributed by atoms with Gasteiger partial charge in [0, 0.05) is 11.3 Å². The van der Waals surface area contributed by atoms with Gasteiger partial charge in [0.15, 0.2) is 11.5 Å². The molecule has 6 nitrogen and oxygen atoms in total. The predicted molar refractivity (Wildman–Crippen MR) is 123 cm³/mol. The smallest absolute Gasteiger partial charge is 0.251 e. The summed E-state index contributed by atoms with van der Waals surface area (Å²) in [7, 11) is 3.17. The fraction of sp³-hybridized carbons (Fsp3) is 0.231. The van der Waals surface area contributed by atoms with Crippen molar-refractivity contribution in [2.75, 3.05) is 19.1 Å². The summed E-state index contributed by atoms with van der Waals surface area (Å²) in [5, 5.41) is 3.02. The molecule has 1 N–H and O–H groups in total. The first kappa shape index (κ1) is 21.4. The molecule has 6 heteroatoms. The van der Waals surface area contributed by atoms with Crippen molar-refractivity contribution < 1.29 is 19.1 Å². The summed E-state index contributed by atoms with van der Waals surface area (Å²) in [6.45, 7) is 2.44. The first-order valence-electron chi connectivity index (χ1n) is 10.5. The number of carbonyl (C=O) groups excluding carboxylic acids is 2. The van der Waals surface area contributed by atoms with Crippen LogP contribution in [0.15, 0.2) is 66.7 Å². The monoisotopic (exact) mass is 430 g/mol. The molecule has 1 aliphatic heterocycles. The number of hydrogen-bond donors (Lipinski definition) is 1. The maximum atomic E-state index is 12.9. The fourth-order valence-corrected chi connectivity index (χ4v) is 3.95. The molecule has 4 rings (SSSR count). The molecule has 0 saturated carbocycles. The van der Waals surface area contributed by atoms with Crippen molar-refractivity contribution in [3.8, 4) is 11.5 Å². The van der Waals surface area contributed by atoms with Crippen molar-refractivity contribution in [1.29, 1.82) is 0 Å². The van der Waals surface area contributed by atoms with Crippen LogP contribution in [0.1, 0.15) is 40.0 Å². The molecule has 1 unspecified atom stereocenters. The summed E-state index contributed by atoms with van der Waals surface area (Å²) >= 11 is 0. The summed E-state index contributed by atoms with van der Waals surface area (Å²) in [4.78, 5) is 27.3. The minimum atomic E-state index is -0.230. The number of hydrogen-bond acceptors (Lipinski definition) is 4. The number of amides is 2. The maximum Gasteiger partial charge on any atom is 0.251 e. The predicted octanol–water partition coefficient (Wildman–Crippen LogP) is 4.28. The van der Waals surface area contributed by atoms with Gasteiger partial charge in [0.1, 0.15) is 0 Å². The highest BCUT2D eigenvalue weighted by molar-refractivity contribution is 6.03. The minimum Gasteiger partial charge on any atom is -0.493 e. The lowest BCUT2D eigenvalue weighted by Gasteiger charge is -2.19. The van der Waals surface area contributed by atoms with Crippen molar-refractivity contribution >= 4 is 17.5 Å². The molecule has 2 amide bonds. The van der Waals surface area contributed by atoms with Gasteiger partial charge < -0.3 is 19.7 Å². The average molecular weight is 431 g/mol. The van der Waals surface area contributed by atoms with Gasteiger partial charge in [0.25, 0.3) is 5.91 Å². The number of anilines is 1. The van der Waals surface area contributed by atoms with Crippen LogP contribution in [0.5, 0.6) is 11.5 Å². The topological polar surface area (TPSA) is 67.9 Å². The normalized spacial score (nSPS) is 13.5. The molecule has 32 heavy (non-hydrogen) atoms. The zero-order chi connectivity index (χ0) is 22.7. The molecule has 0 saturated heterocycles. The average Bonchev–Trinajstić information content (AvgIpc) is 3.13. The summed E-state index contributed by atoms with van der Waals surface area (Å²) in [6.07, 6.45) is 0.300. The van der Waals surface area contributed by atoms with Crippen LogP contribution in [0.4, 0.5) is 5.69 Å². The van der Waals surface area contributed by atoms with E-state index in [4.69, 9.17) is 9.47 Å². The highest BCUT2D eigenvalue weighted by atomic mass is 16.5. The lowest BCUT2D eigenvalue weighted by Crippen LogP contribution is -2.27. The number of methoxy groups -OCH3 is 2. The third-order valence-electron chi connectivity index (χ3n) is 5.71. The lowest BCUT2D eigenvalue weighted by molar-refractivity contribution is -0.117. The van der Waals surface area contributed by atoms with Crippen molar-refractivity contribution in [1.82, 2.24) is 5.32 Å². The van der Waals surface area contributed by atoms with E-state index in [2.05, 4.69) is 5.32 Å². The summed E-state index contributed by atoms with van der Waals surface area (Å²) in [5.74, 6) is 1.10. The van der Waals surface area contributed by atoms with Crippen molar-refractivity contribution in [3.05, 3.63) is 89.0 Å². The molecule has 0 radical (unpaired) electrons. The number of nitrogens with one attached hydrogen (secondary N) is 1. The summed E-state index contributed by atoms with van der Waals surface area (Å²) in [6, 6.07) is 20.7. The Hall–Kier alpha value is -3.80. The van der Waals surface area contributed by atoms with Gasteiger partial charge in [-0.15, -0.1) is 0 Å². The van der Waals surface area contributed by atoms with Crippen molar-refractivity contribution in [2.45, 2.75) is 25.9 Å². The van der Waals surface area contributed by atoms with Crippen LogP contribution in [0.25, 0.3) is 0 Å². The van der Waals surface area contributed by atoms with E-state index in [0.717, 1.165) is 22.4 Å². The Kier molecular flexibility index (Phi) is 6.12. The number of carbonyl (C=O) groups is 2. The zero-order valence-electron chi connectivity index (χ0n) is 18.4. The molecule has 0 aliphatic carbocycles. The van der Waals surface area contributed by atoms with E-state index in [0.29, 0.717) is 30.0 Å². The van der Waals surface area contributed by atoms with Gasteiger partial charge in [-0.3, -0.25) is 9.59 Å². The van der Waals surface area contributed by atoms with E-state index in [9.17, 15) is 9.59 Å². The number of benzene rings is 3. The van der Waals surface area contributed by atoms with E-state index in [1.165, 1.54) is 0 Å². The van der Waals surface area contributed by atoms with Crippen LogP contribution in [-0.4, -0.2) is 26.0 Å². The van der Waals surface area contributed by atoms with Gasteiger partial charge in [-0.25, -0.2) is 0 Å². The van der Waals surface area contributed by atoms with Gasteiger partial charge >= 0.3 is 0 Å². The standard InChI is InChI=1S/C26H26N2O4/c1-17(19-10-12-23(31-2)24(14-19)32-3)27-26(30)20-9-11-22-21(13-20)15-25(29)28(22)16-18-7-5-4-6-8-18/h4-14,17H,15-16H2,1-3H3,(H,27,30). The SMILES string of the molecule is COc1ccc(C(C)NC(=O)c2ccc3c(c2)CC(=O)N3Cc2ccccc2)cc1OC. The molecule has 1 heterocycles. The van der Waals surface area contributed by atoms with Crippen LogP contribution >= 0.6 is 0 Å². The molecule has 0 fully saturated rings. The van der Waals surface area contributed by atoms with Gasteiger partial charge in [-0.2, -0.15) is 0 Å². The first-order chi connectivity index (χ1) is 15.5. The summed E-state index contributed by atoms with van der Waals surface area (Å²) in [5.41, 5.74) is 4.24. The Bertz CT molecular complexity index is 1140. The Morgan fingerprint density at radius 1 is 1.00 bits per heavy atom. The maximum absolute atomic E-state index is 12.9. The first-order valence-corrected chi connectivity index (χ1v) is 10.5. The van der Waals surface area contributed by atoms with E-state index in [1.807, 2.05) is 67.6 Å². The van der Waals surface area contributed by atoms with Gasteiger partial charge in [-0.05, 0) is 53.9 Å². The Balaban J connectivity index is 1.49. The van der Waals surface area contributed by atoms with Crippen LogP contribution in [0.2, 0.25) is 0 Å². The molecule has 1 aliphatic rings. The van der Waals surface area contributed by atoms with E-state index in [1.54, 1.807) is 25.2 Å². The van der Waals surface area contributed by atoms with Crippen molar-refractivity contribution in [2.24, 2.45) is 0 Å². The molecular weight excluding hydrogens is 404 g/mol. The van der Waals surface area contributed by atoms with Crippen molar-refractivity contribution in [3.63, 3.8) is 0 Å². The Morgan fingerprint density at radius 2 is 1.75 bits per heavy atom. The van der Waals surface area contributed by atoms with Gasteiger partial charge in [0.2, 0.25) is 5.91 Å². The lowest BCUT2D eigenvalue weighted by atomic mass is 10.0. The zero-order valence-corrected chi connectivity index (χ0v) is 18.4. The molecular formula is C26H26N2O4. The highest BCUT2D eigenvalue weighted by Crippen LogP contribution is 2.32. The largest absolute Gasteiger partial charge is 0.493 e. The number of nitrogens with zero attached hydrogens (tertiary/aromatic N) is 1. The van der Waals surface area contributed by atoms with Crippen LogP contribution in [0.3, 0.4) is 0 Å². The van der Waals surface area contributed by atoms with Gasteiger partial charge in [0.05, 0.1) is 33.2 Å². The molecule has 3 aromatic rings. The third-order valence-corrected chi connectivity index (χ3v) is 5.71.